The van der Waals surface area contributed by atoms with Gasteiger partial charge in [-0.2, -0.15) is 0 Å². The second-order valence-corrected chi connectivity index (χ2v) is 11.0. The summed E-state index contributed by atoms with van der Waals surface area (Å²) in [5.74, 6) is -3.12. The largest absolute Gasteiger partial charge is 0.439 e. The summed E-state index contributed by atoms with van der Waals surface area (Å²) in [4.78, 5) is 28.7. The van der Waals surface area contributed by atoms with Crippen LogP contribution in [-0.4, -0.2) is 67.0 Å². The first-order valence-electron chi connectivity index (χ1n) is 10.5. The third kappa shape index (κ3) is 5.28. The molecule has 10 heteroatoms. The number of halogens is 2. The van der Waals surface area contributed by atoms with Gasteiger partial charge in [0.25, 0.3) is 0 Å². The molecular weight excluding hydrogens is 442 g/mol. The van der Waals surface area contributed by atoms with Crippen molar-refractivity contribution in [3.8, 4) is 0 Å². The predicted octanol–water partition coefficient (Wildman–Crippen LogP) is 3.08. The van der Waals surface area contributed by atoms with E-state index >= 15 is 0 Å². The first-order chi connectivity index (χ1) is 14.9. The van der Waals surface area contributed by atoms with Crippen molar-refractivity contribution >= 4 is 21.8 Å². The minimum absolute atomic E-state index is 0.0396. The standard InChI is InChI=1S/C22H28F2N2O5S/c1-4-22(2,3)31-21(28)25-10-11-26(20(27)15-8-12-32(29,30)13-9-15)18(14-25)16-6-5-7-17(23)19(16)24/h4-7,15,18H,1,8-14H2,2-3H3. The van der Waals surface area contributed by atoms with Crippen LogP contribution in [0.15, 0.2) is 30.9 Å². The maximum absolute atomic E-state index is 14.7. The van der Waals surface area contributed by atoms with Gasteiger partial charge in [-0.25, -0.2) is 22.0 Å². The Balaban J connectivity index is 1.87. The van der Waals surface area contributed by atoms with E-state index in [2.05, 4.69) is 6.58 Å². The molecule has 2 amide bonds. The van der Waals surface area contributed by atoms with E-state index in [1.165, 1.54) is 28.0 Å². The maximum atomic E-state index is 14.7. The van der Waals surface area contributed by atoms with Crippen molar-refractivity contribution < 1.29 is 31.5 Å². The maximum Gasteiger partial charge on any atom is 0.410 e. The fraction of sp³-hybridized carbons (Fsp3) is 0.545. The SMILES string of the molecule is C=CC(C)(C)OC(=O)N1CCN(C(=O)C2CCS(=O)(=O)CC2)C(c2cccc(F)c2F)C1. The number of hydrogen-bond acceptors (Lipinski definition) is 5. The van der Waals surface area contributed by atoms with E-state index < -0.39 is 45.1 Å². The lowest BCUT2D eigenvalue weighted by Gasteiger charge is -2.43. The smallest absolute Gasteiger partial charge is 0.410 e. The van der Waals surface area contributed by atoms with Crippen LogP contribution in [0.5, 0.6) is 0 Å². The molecule has 1 unspecified atom stereocenters. The zero-order valence-corrected chi connectivity index (χ0v) is 19.0. The molecule has 1 aromatic rings. The van der Waals surface area contributed by atoms with Crippen LogP contribution in [0, 0.1) is 17.6 Å². The van der Waals surface area contributed by atoms with E-state index in [4.69, 9.17) is 4.74 Å². The Labute approximate surface area is 186 Å². The number of ether oxygens (including phenoxy) is 1. The first-order valence-corrected chi connectivity index (χ1v) is 12.3. The number of benzene rings is 1. The van der Waals surface area contributed by atoms with Gasteiger partial charge in [0.15, 0.2) is 11.6 Å². The van der Waals surface area contributed by atoms with E-state index in [-0.39, 0.29) is 55.5 Å². The fourth-order valence-electron chi connectivity index (χ4n) is 3.96. The molecule has 0 spiro atoms. The van der Waals surface area contributed by atoms with Gasteiger partial charge in [-0.15, -0.1) is 0 Å². The Bertz CT molecular complexity index is 998. The minimum atomic E-state index is -3.16. The number of nitrogens with zero attached hydrogens (tertiary/aromatic N) is 2. The first kappa shape index (κ1) is 24.2. The quantitative estimate of drug-likeness (QED) is 0.632. The lowest BCUT2D eigenvalue weighted by Crippen LogP contribution is -2.55. The summed E-state index contributed by atoms with van der Waals surface area (Å²) < 4.78 is 57.6. The molecule has 0 radical (unpaired) electrons. The van der Waals surface area contributed by atoms with Gasteiger partial charge >= 0.3 is 6.09 Å². The molecule has 1 atom stereocenters. The topological polar surface area (TPSA) is 84.0 Å². The van der Waals surface area contributed by atoms with Crippen molar-refractivity contribution in [2.24, 2.45) is 5.92 Å². The molecule has 0 saturated carbocycles. The monoisotopic (exact) mass is 470 g/mol. The van der Waals surface area contributed by atoms with Gasteiger partial charge < -0.3 is 14.5 Å². The van der Waals surface area contributed by atoms with Gasteiger partial charge in [0.05, 0.1) is 17.5 Å². The summed E-state index contributed by atoms with van der Waals surface area (Å²) >= 11 is 0. The van der Waals surface area contributed by atoms with E-state index in [1.54, 1.807) is 13.8 Å². The molecule has 176 valence electrons. The number of amides is 2. The van der Waals surface area contributed by atoms with E-state index in [9.17, 15) is 26.8 Å². The molecule has 2 aliphatic heterocycles. The average molecular weight is 471 g/mol. The highest BCUT2D eigenvalue weighted by atomic mass is 32.2. The summed E-state index contributed by atoms with van der Waals surface area (Å²) in [6.07, 6.45) is 1.21. The second kappa shape index (κ2) is 9.17. The zero-order valence-electron chi connectivity index (χ0n) is 18.2. The highest BCUT2D eigenvalue weighted by molar-refractivity contribution is 7.91. The third-order valence-electron chi connectivity index (χ3n) is 6.01. The molecule has 0 aromatic heterocycles. The lowest BCUT2D eigenvalue weighted by molar-refractivity contribution is -0.141. The summed E-state index contributed by atoms with van der Waals surface area (Å²) in [7, 11) is -3.16. The minimum Gasteiger partial charge on any atom is -0.439 e. The average Bonchev–Trinajstić information content (AvgIpc) is 2.74. The molecule has 2 heterocycles. The van der Waals surface area contributed by atoms with Crippen LogP contribution in [0.1, 0.15) is 38.3 Å². The van der Waals surface area contributed by atoms with Gasteiger partial charge in [0, 0.05) is 31.1 Å². The number of carbonyl (C=O) groups excluding carboxylic acids is 2. The number of carbonyl (C=O) groups is 2. The van der Waals surface area contributed by atoms with Crippen molar-refractivity contribution in [2.45, 2.75) is 38.3 Å². The highest BCUT2D eigenvalue weighted by Gasteiger charge is 2.40. The van der Waals surface area contributed by atoms with Crippen molar-refractivity contribution in [1.82, 2.24) is 9.80 Å². The van der Waals surface area contributed by atoms with Gasteiger partial charge in [0.2, 0.25) is 5.91 Å². The molecule has 7 nitrogen and oxygen atoms in total. The van der Waals surface area contributed by atoms with E-state index in [1.807, 2.05) is 0 Å². The lowest BCUT2D eigenvalue weighted by atomic mass is 9.96. The number of sulfone groups is 1. The number of hydrogen-bond donors (Lipinski definition) is 0. The normalized spacial score (nSPS) is 21.8. The van der Waals surface area contributed by atoms with Gasteiger partial charge in [0.1, 0.15) is 15.4 Å². The Kier molecular flexibility index (Phi) is 6.92. The summed E-state index contributed by atoms with van der Waals surface area (Å²) in [5.41, 5.74) is -0.959. The molecule has 0 aliphatic carbocycles. The predicted molar refractivity (Wildman–Crippen MR) is 115 cm³/mol. The summed E-state index contributed by atoms with van der Waals surface area (Å²) in [6.45, 7) is 7.12. The Morgan fingerprint density at radius 2 is 1.84 bits per heavy atom. The Hall–Kier alpha value is -2.49. The molecule has 3 rings (SSSR count). The molecule has 32 heavy (non-hydrogen) atoms. The van der Waals surface area contributed by atoms with Crippen molar-refractivity contribution in [1.29, 1.82) is 0 Å². The van der Waals surface area contributed by atoms with Crippen LogP contribution in [-0.2, 0) is 19.4 Å². The van der Waals surface area contributed by atoms with E-state index in [0.717, 1.165) is 6.07 Å². The second-order valence-electron chi connectivity index (χ2n) is 8.74. The fourth-order valence-corrected chi connectivity index (χ4v) is 5.45. The molecule has 0 N–H and O–H groups in total. The van der Waals surface area contributed by atoms with Crippen molar-refractivity contribution in [2.75, 3.05) is 31.1 Å². The van der Waals surface area contributed by atoms with Crippen molar-refractivity contribution in [3.63, 3.8) is 0 Å². The zero-order chi connectivity index (χ0) is 23.7. The Morgan fingerprint density at radius 1 is 1.19 bits per heavy atom. The van der Waals surface area contributed by atoms with Crippen molar-refractivity contribution in [3.05, 3.63) is 48.1 Å². The van der Waals surface area contributed by atoms with Crippen LogP contribution in [0.3, 0.4) is 0 Å². The molecule has 1 aromatic carbocycles. The van der Waals surface area contributed by atoms with Crippen LogP contribution in [0.2, 0.25) is 0 Å². The van der Waals surface area contributed by atoms with Crippen LogP contribution < -0.4 is 0 Å². The van der Waals surface area contributed by atoms with Gasteiger partial charge in [-0.3, -0.25) is 4.79 Å². The summed E-state index contributed by atoms with van der Waals surface area (Å²) in [5, 5.41) is 0. The van der Waals surface area contributed by atoms with E-state index in [0.29, 0.717) is 0 Å². The van der Waals surface area contributed by atoms with Crippen LogP contribution >= 0.6 is 0 Å². The third-order valence-corrected chi connectivity index (χ3v) is 7.72. The summed E-state index contributed by atoms with van der Waals surface area (Å²) in [6, 6.07) is 2.79. The highest BCUT2D eigenvalue weighted by Crippen LogP contribution is 2.32. The molecule has 2 fully saturated rings. The Morgan fingerprint density at radius 3 is 2.47 bits per heavy atom. The molecule has 0 bridgehead atoms. The molecular formula is C22H28F2N2O5S. The molecule has 2 saturated heterocycles. The van der Waals surface area contributed by atoms with Gasteiger partial charge in [-0.05, 0) is 38.8 Å². The van der Waals surface area contributed by atoms with Crippen LogP contribution in [0.4, 0.5) is 13.6 Å². The van der Waals surface area contributed by atoms with Gasteiger partial charge in [-0.1, -0.05) is 18.7 Å². The number of rotatable bonds is 4. The van der Waals surface area contributed by atoms with Crippen LogP contribution in [0.25, 0.3) is 0 Å². The molecule has 2 aliphatic rings. The number of piperazine rings is 1.